The average Bonchev–Trinajstić information content (AvgIpc) is 2.79. The molecule has 0 bridgehead atoms. The molecule has 0 radical (unpaired) electrons. The highest BCUT2D eigenvalue weighted by molar-refractivity contribution is 6.30. The third kappa shape index (κ3) is 6.63. The molecule has 0 spiro atoms. The summed E-state index contributed by atoms with van der Waals surface area (Å²) in [5.41, 5.74) is 1.74. The minimum absolute atomic E-state index is 0.107. The van der Waals surface area contributed by atoms with Crippen molar-refractivity contribution in [2.75, 3.05) is 12.4 Å². The van der Waals surface area contributed by atoms with Gasteiger partial charge in [0.25, 0.3) is 0 Å². The number of carbonyl (C=O) groups excluding carboxylic acids is 2. The van der Waals surface area contributed by atoms with Crippen molar-refractivity contribution < 1.29 is 9.59 Å². The molecule has 2 amide bonds. The Morgan fingerprint density at radius 2 is 1.59 bits per heavy atom. The molecule has 0 heterocycles. The zero-order valence-corrected chi connectivity index (χ0v) is 20.5. The van der Waals surface area contributed by atoms with Crippen molar-refractivity contribution in [3.8, 4) is 0 Å². The number of rotatable bonds is 8. The van der Waals surface area contributed by atoms with Crippen LogP contribution in [0.4, 0.5) is 0 Å². The monoisotopic (exact) mass is 494 g/mol. The summed E-state index contributed by atoms with van der Waals surface area (Å²) >= 11 is 18.0. The van der Waals surface area contributed by atoms with Crippen molar-refractivity contribution >= 4 is 46.6 Å². The number of alkyl halides is 1. The first kappa shape index (κ1) is 24.9. The largest absolute Gasteiger partial charge is 0.351 e. The summed E-state index contributed by atoms with van der Waals surface area (Å²) in [6.45, 7) is 2.53. The lowest BCUT2D eigenvalue weighted by Crippen LogP contribution is -2.49. The van der Waals surface area contributed by atoms with Gasteiger partial charge in [0.2, 0.25) is 11.8 Å². The van der Waals surface area contributed by atoms with Gasteiger partial charge in [0, 0.05) is 22.6 Å². The Labute approximate surface area is 205 Å². The van der Waals surface area contributed by atoms with Crippen LogP contribution in [0.25, 0.3) is 0 Å². The van der Waals surface area contributed by atoms with Crippen molar-refractivity contribution in [3.05, 3.63) is 69.7 Å². The first-order chi connectivity index (χ1) is 15.4. The summed E-state index contributed by atoms with van der Waals surface area (Å²) in [6, 6.07) is 13.9. The van der Waals surface area contributed by atoms with Crippen molar-refractivity contribution in [1.29, 1.82) is 0 Å². The maximum absolute atomic E-state index is 13.6. The number of nitrogens with one attached hydrogen (secondary N) is 1. The predicted molar refractivity (Wildman–Crippen MR) is 131 cm³/mol. The van der Waals surface area contributed by atoms with Gasteiger partial charge in [0.15, 0.2) is 0 Å². The van der Waals surface area contributed by atoms with E-state index in [-0.39, 0.29) is 23.7 Å². The summed E-state index contributed by atoms with van der Waals surface area (Å²) in [5, 5.41) is 4.45. The van der Waals surface area contributed by atoms with E-state index < -0.39 is 6.04 Å². The number of hydrogen-bond acceptors (Lipinski definition) is 2. The number of nitrogens with zero attached hydrogens (tertiary/aromatic N) is 1. The smallest absolute Gasteiger partial charge is 0.247 e. The van der Waals surface area contributed by atoms with Crippen LogP contribution in [-0.4, -0.2) is 35.2 Å². The summed E-state index contributed by atoms with van der Waals surface area (Å²) < 4.78 is 0. The number of benzene rings is 2. The van der Waals surface area contributed by atoms with Crippen LogP contribution in [0.15, 0.2) is 48.5 Å². The van der Waals surface area contributed by atoms with Crippen LogP contribution in [0, 0.1) is 5.92 Å². The molecule has 2 aromatic carbocycles. The standard InChI is InChI=1S/C25H29Cl3N2O2/c1-17-4-2-3-5-22(17)29-25(32)24(19-8-12-21(28)13-9-19)30(23(31)16-26)15-14-18-6-10-20(27)11-7-18/h6-13,17,22,24H,2-5,14-16H2,1H3,(H,29,32). The molecule has 7 heteroatoms. The molecule has 172 valence electrons. The maximum atomic E-state index is 13.6. The highest BCUT2D eigenvalue weighted by Crippen LogP contribution is 2.28. The Hall–Kier alpha value is -1.75. The van der Waals surface area contributed by atoms with Gasteiger partial charge < -0.3 is 10.2 Å². The van der Waals surface area contributed by atoms with Gasteiger partial charge in [0.05, 0.1) is 0 Å². The molecule has 0 aliphatic heterocycles. The molecule has 0 saturated heterocycles. The van der Waals surface area contributed by atoms with Crippen LogP contribution in [0.1, 0.15) is 49.8 Å². The van der Waals surface area contributed by atoms with Gasteiger partial charge in [-0.25, -0.2) is 0 Å². The molecule has 3 unspecified atom stereocenters. The maximum Gasteiger partial charge on any atom is 0.247 e. The van der Waals surface area contributed by atoms with Gasteiger partial charge in [-0.15, -0.1) is 11.6 Å². The normalized spacial score (nSPS) is 19.2. The fourth-order valence-electron chi connectivity index (χ4n) is 4.29. The van der Waals surface area contributed by atoms with Gasteiger partial charge in [-0.1, -0.05) is 67.2 Å². The lowest BCUT2D eigenvalue weighted by atomic mass is 9.85. The third-order valence-corrected chi connectivity index (χ3v) is 6.91. The quantitative estimate of drug-likeness (QED) is 0.454. The Morgan fingerprint density at radius 1 is 1.00 bits per heavy atom. The van der Waals surface area contributed by atoms with E-state index in [2.05, 4.69) is 12.2 Å². The molecule has 3 rings (SSSR count). The minimum Gasteiger partial charge on any atom is -0.351 e. The van der Waals surface area contributed by atoms with E-state index in [0.717, 1.165) is 24.8 Å². The molecular formula is C25H29Cl3N2O2. The second-order valence-corrected chi connectivity index (χ2v) is 9.57. The molecule has 0 aromatic heterocycles. The summed E-state index contributed by atoms with van der Waals surface area (Å²) in [5.74, 6) is -0.254. The molecule has 1 fully saturated rings. The first-order valence-electron chi connectivity index (χ1n) is 11.0. The fourth-order valence-corrected chi connectivity index (χ4v) is 4.69. The lowest BCUT2D eigenvalue weighted by molar-refractivity contribution is -0.139. The summed E-state index contributed by atoms with van der Waals surface area (Å²) in [7, 11) is 0. The van der Waals surface area contributed by atoms with Gasteiger partial charge in [-0.3, -0.25) is 9.59 Å². The van der Waals surface area contributed by atoms with Gasteiger partial charge in [0.1, 0.15) is 11.9 Å². The second-order valence-electron chi connectivity index (χ2n) is 8.43. The van der Waals surface area contributed by atoms with Gasteiger partial charge >= 0.3 is 0 Å². The van der Waals surface area contributed by atoms with Crippen LogP contribution >= 0.6 is 34.8 Å². The van der Waals surface area contributed by atoms with E-state index in [1.165, 1.54) is 6.42 Å². The van der Waals surface area contributed by atoms with Crippen LogP contribution in [-0.2, 0) is 16.0 Å². The lowest BCUT2D eigenvalue weighted by Gasteiger charge is -2.35. The van der Waals surface area contributed by atoms with E-state index in [9.17, 15) is 9.59 Å². The van der Waals surface area contributed by atoms with Gasteiger partial charge in [-0.05, 0) is 60.6 Å². The number of carbonyl (C=O) groups is 2. The first-order valence-corrected chi connectivity index (χ1v) is 12.3. The van der Waals surface area contributed by atoms with Crippen molar-refractivity contribution in [2.45, 2.75) is 51.1 Å². The zero-order chi connectivity index (χ0) is 23.1. The zero-order valence-electron chi connectivity index (χ0n) is 18.2. The molecule has 2 aromatic rings. The predicted octanol–water partition coefficient (Wildman–Crippen LogP) is 6.04. The van der Waals surface area contributed by atoms with E-state index in [1.807, 2.05) is 24.3 Å². The average molecular weight is 496 g/mol. The molecule has 4 nitrogen and oxygen atoms in total. The van der Waals surface area contributed by atoms with Crippen LogP contribution in [0.5, 0.6) is 0 Å². The van der Waals surface area contributed by atoms with Gasteiger partial charge in [-0.2, -0.15) is 0 Å². The van der Waals surface area contributed by atoms with Crippen LogP contribution in [0.3, 0.4) is 0 Å². The fraction of sp³-hybridized carbons (Fsp3) is 0.440. The third-order valence-electron chi connectivity index (χ3n) is 6.17. The highest BCUT2D eigenvalue weighted by Gasteiger charge is 2.33. The molecule has 1 aliphatic rings. The van der Waals surface area contributed by atoms with E-state index in [0.29, 0.717) is 34.5 Å². The van der Waals surface area contributed by atoms with Crippen LogP contribution < -0.4 is 5.32 Å². The molecule has 1 N–H and O–H groups in total. The van der Waals surface area contributed by atoms with E-state index in [4.69, 9.17) is 34.8 Å². The number of hydrogen-bond donors (Lipinski definition) is 1. The molecule has 1 aliphatic carbocycles. The van der Waals surface area contributed by atoms with E-state index >= 15 is 0 Å². The number of halogens is 3. The van der Waals surface area contributed by atoms with Crippen molar-refractivity contribution in [2.24, 2.45) is 5.92 Å². The van der Waals surface area contributed by atoms with Crippen LogP contribution in [0.2, 0.25) is 10.0 Å². The second kappa shape index (κ2) is 11.9. The SMILES string of the molecule is CC1CCCCC1NC(=O)C(c1ccc(Cl)cc1)N(CCc1ccc(Cl)cc1)C(=O)CCl. The Balaban J connectivity index is 1.87. The van der Waals surface area contributed by atoms with E-state index in [1.54, 1.807) is 29.2 Å². The highest BCUT2D eigenvalue weighted by atomic mass is 35.5. The molecular weight excluding hydrogens is 467 g/mol. The summed E-state index contributed by atoms with van der Waals surface area (Å²) in [6.07, 6.45) is 4.91. The van der Waals surface area contributed by atoms with Crippen molar-refractivity contribution in [3.63, 3.8) is 0 Å². The molecule has 32 heavy (non-hydrogen) atoms. The topological polar surface area (TPSA) is 49.4 Å². The molecule has 3 atom stereocenters. The number of amides is 2. The Kier molecular flexibility index (Phi) is 9.27. The van der Waals surface area contributed by atoms with Crippen molar-refractivity contribution in [1.82, 2.24) is 10.2 Å². The summed E-state index contributed by atoms with van der Waals surface area (Å²) in [4.78, 5) is 28.0. The Bertz CT molecular complexity index is 902. The Morgan fingerprint density at radius 3 is 2.19 bits per heavy atom. The molecule has 1 saturated carbocycles. The minimum atomic E-state index is -0.778.